The van der Waals surface area contributed by atoms with E-state index in [9.17, 15) is 0 Å². The number of aromatic nitrogens is 3. The van der Waals surface area contributed by atoms with Crippen LogP contribution >= 0.6 is 0 Å². The zero-order valence-corrected chi connectivity index (χ0v) is 29.0. The van der Waals surface area contributed by atoms with Gasteiger partial charge in [0, 0.05) is 53.1 Å². The molecule has 0 aliphatic heterocycles. The summed E-state index contributed by atoms with van der Waals surface area (Å²) in [5.41, 5.74) is 3.61. The highest BCUT2D eigenvalue weighted by molar-refractivity contribution is 5.76. The van der Waals surface area contributed by atoms with Crippen LogP contribution in [0.2, 0.25) is 0 Å². The number of pyridine rings is 3. The highest BCUT2D eigenvalue weighted by atomic mass is 16.5. The van der Waals surface area contributed by atoms with Gasteiger partial charge in [0.15, 0.2) is 54.4 Å². The fourth-order valence-corrected chi connectivity index (χ4v) is 4.17. The maximum atomic E-state index is 5.80. The Bertz CT molecular complexity index is 2220. The Labute approximate surface area is 300 Å². The van der Waals surface area contributed by atoms with Crippen molar-refractivity contribution < 1.29 is 27.9 Å². The highest BCUT2D eigenvalue weighted by Crippen LogP contribution is 2.42. The van der Waals surface area contributed by atoms with Crippen LogP contribution in [-0.2, 0) is 21.1 Å². The molecule has 0 bridgehead atoms. The van der Waals surface area contributed by atoms with Crippen LogP contribution < -0.4 is 27.9 Å². The quantitative estimate of drug-likeness (QED) is 0.251. The first-order valence-electron chi connectivity index (χ1n) is 15.2. The number of benzene rings is 1. The summed E-state index contributed by atoms with van der Waals surface area (Å²) >= 11 is 0. The van der Waals surface area contributed by atoms with Gasteiger partial charge in [0.2, 0.25) is 0 Å². The fourth-order valence-electron chi connectivity index (χ4n) is 4.17. The number of aryl methyl sites for hydroxylation is 3. The molecule has 4 aromatic rings. The monoisotopic (exact) mass is 660 g/mol. The van der Waals surface area contributed by atoms with E-state index in [1.165, 1.54) is 21.3 Å². The second-order valence-electron chi connectivity index (χ2n) is 10.2. The van der Waals surface area contributed by atoms with E-state index in [1.54, 1.807) is 0 Å². The van der Waals surface area contributed by atoms with Crippen LogP contribution in [0, 0.1) is 107 Å². The number of methoxy groups -OCH3 is 3. The van der Waals surface area contributed by atoms with Crippen LogP contribution in [0.4, 0.5) is 0 Å². The molecule has 0 aliphatic carbocycles. The average molecular weight is 661 g/mol. The first-order valence-corrected chi connectivity index (χ1v) is 15.2. The summed E-state index contributed by atoms with van der Waals surface area (Å²) in [7, 11) is 10.3. The third-order valence-electron chi connectivity index (χ3n) is 6.66. The molecule has 3 heterocycles. The summed E-state index contributed by atoms with van der Waals surface area (Å²) in [5, 5.41) is 0. The van der Waals surface area contributed by atoms with Crippen LogP contribution in [0.5, 0.6) is 17.2 Å². The van der Waals surface area contributed by atoms with Crippen LogP contribution in [0.25, 0.3) is 0 Å². The third-order valence-corrected chi connectivity index (χ3v) is 6.66. The van der Waals surface area contributed by atoms with Crippen molar-refractivity contribution in [3.8, 4) is 124 Å². The van der Waals surface area contributed by atoms with Gasteiger partial charge in [-0.05, 0) is 88.8 Å². The largest absolute Gasteiger partial charge is 0.494 e. The topological polar surface area (TPSA) is 39.3 Å². The lowest BCUT2D eigenvalue weighted by Crippen LogP contribution is -2.25. The predicted octanol–water partition coefficient (Wildman–Crippen LogP) is 2.41. The van der Waals surface area contributed by atoms with E-state index in [0.717, 1.165) is 16.7 Å². The fraction of sp³-hybridized carbons (Fsp3) is 0.133. The van der Waals surface area contributed by atoms with E-state index >= 15 is 0 Å². The summed E-state index contributed by atoms with van der Waals surface area (Å²) in [5.74, 6) is 52.5. The van der Waals surface area contributed by atoms with Gasteiger partial charge in [-0.25, -0.2) is 13.7 Å². The SMILES string of the molecule is COc1c(C#CC#CC#Cc2cc[n+](C)cc2)c(OC)c(C#CC#CC#Cc2cc[n+](C)cc2)c(OC)c1C#CC#CC#Cc1cc[n+](C)cc1. The normalized spacial score (nSPS) is 8.35. The highest BCUT2D eigenvalue weighted by Gasteiger charge is 2.24. The van der Waals surface area contributed by atoms with Crippen LogP contribution in [0.15, 0.2) is 73.6 Å². The molecule has 4 rings (SSSR count). The number of hydrogen-bond acceptors (Lipinski definition) is 3. The lowest BCUT2D eigenvalue weighted by atomic mass is 10.00. The molecule has 0 saturated heterocycles. The Morgan fingerprint density at radius 3 is 0.765 bits per heavy atom. The number of nitrogens with zero attached hydrogens (tertiary/aromatic N) is 3. The summed E-state index contributed by atoms with van der Waals surface area (Å²) in [6.07, 6.45) is 11.5. The Morgan fingerprint density at radius 2 is 0.549 bits per heavy atom. The molecular formula is C45H30N3O3+3. The molecule has 1 aromatic carbocycles. The Kier molecular flexibility index (Phi) is 13.4. The molecule has 0 amide bonds. The Balaban J connectivity index is 1.78. The van der Waals surface area contributed by atoms with Crippen molar-refractivity contribution in [2.45, 2.75) is 0 Å². The minimum Gasteiger partial charge on any atom is -0.494 e. The van der Waals surface area contributed by atoms with Crippen LogP contribution in [0.1, 0.15) is 33.4 Å². The summed E-state index contributed by atoms with van der Waals surface area (Å²) < 4.78 is 23.2. The molecule has 0 aliphatic rings. The molecule has 51 heavy (non-hydrogen) atoms. The molecule has 6 nitrogen and oxygen atoms in total. The van der Waals surface area contributed by atoms with Crippen LogP contribution in [-0.4, -0.2) is 21.3 Å². The molecule has 0 unspecified atom stereocenters. The van der Waals surface area contributed by atoms with Gasteiger partial charge in [0.05, 0.1) is 21.3 Å². The van der Waals surface area contributed by atoms with Crippen molar-refractivity contribution in [3.63, 3.8) is 0 Å². The van der Waals surface area contributed by atoms with Crippen molar-refractivity contribution in [1.82, 2.24) is 0 Å². The van der Waals surface area contributed by atoms with Crippen molar-refractivity contribution in [3.05, 3.63) is 107 Å². The smallest absolute Gasteiger partial charge is 0.169 e. The van der Waals surface area contributed by atoms with Gasteiger partial charge in [-0.1, -0.05) is 17.8 Å². The lowest BCUT2D eigenvalue weighted by molar-refractivity contribution is -0.671. The minimum atomic E-state index is 0.303. The maximum absolute atomic E-state index is 5.80. The van der Waals surface area contributed by atoms with Gasteiger partial charge < -0.3 is 14.2 Å². The first-order chi connectivity index (χ1) is 24.9. The zero-order chi connectivity index (χ0) is 36.3. The van der Waals surface area contributed by atoms with E-state index in [0.29, 0.717) is 33.9 Å². The van der Waals surface area contributed by atoms with E-state index in [1.807, 2.05) is 108 Å². The van der Waals surface area contributed by atoms with Gasteiger partial charge in [-0.2, -0.15) is 0 Å². The number of ether oxygens (including phenoxy) is 3. The van der Waals surface area contributed by atoms with Gasteiger partial charge in [0.1, 0.15) is 37.8 Å². The van der Waals surface area contributed by atoms with E-state index < -0.39 is 0 Å². The van der Waals surface area contributed by atoms with Crippen molar-refractivity contribution in [1.29, 1.82) is 0 Å². The molecule has 3 aromatic heterocycles. The predicted molar refractivity (Wildman–Crippen MR) is 194 cm³/mol. The number of rotatable bonds is 3. The zero-order valence-electron chi connectivity index (χ0n) is 29.0. The maximum Gasteiger partial charge on any atom is 0.169 e. The third kappa shape index (κ3) is 10.8. The minimum absolute atomic E-state index is 0.303. The molecule has 6 heteroatoms. The Hall–Kier alpha value is -7.89. The molecular weight excluding hydrogens is 631 g/mol. The average Bonchev–Trinajstić information content (AvgIpc) is 3.14. The standard InChI is InChI=1S/C45H30N3O3/c1-46-31-25-37(26-32-46)19-13-7-10-16-22-40-43(49-4)41(23-17-11-8-14-20-38-27-33-47(2)34-28-38)45(51-6)42(44(40)50-5)24-18-12-9-15-21-39-29-35-48(3)36-30-39/h25-36H,1-6H3/q+3. The van der Waals surface area contributed by atoms with Gasteiger partial charge in [0.25, 0.3) is 0 Å². The summed E-state index contributed by atoms with van der Waals surface area (Å²) in [6, 6.07) is 11.4. The van der Waals surface area contributed by atoms with Gasteiger partial charge >= 0.3 is 0 Å². The molecule has 0 radical (unpaired) electrons. The Morgan fingerprint density at radius 1 is 0.333 bits per heavy atom. The first kappa shape index (κ1) is 36.0. The van der Waals surface area contributed by atoms with E-state index in [4.69, 9.17) is 14.2 Å². The molecule has 0 spiro atoms. The number of hydrogen-bond donors (Lipinski definition) is 0. The van der Waals surface area contributed by atoms with Crippen LogP contribution in [0.3, 0.4) is 0 Å². The second-order valence-corrected chi connectivity index (χ2v) is 10.2. The van der Waals surface area contributed by atoms with Crippen molar-refractivity contribution in [2.24, 2.45) is 21.1 Å². The summed E-state index contributed by atoms with van der Waals surface area (Å²) in [4.78, 5) is 0. The van der Waals surface area contributed by atoms with E-state index in [2.05, 4.69) is 107 Å². The molecule has 240 valence electrons. The summed E-state index contributed by atoms with van der Waals surface area (Å²) in [6.45, 7) is 0. The lowest BCUT2D eigenvalue weighted by Gasteiger charge is -2.17. The molecule has 0 saturated carbocycles. The second kappa shape index (κ2) is 19.1. The van der Waals surface area contributed by atoms with Gasteiger partial charge in [-0.3, -0.25) is 0 Å². The molecule has 0 fully saturated rings. The van der Waals surface area contributed by atoms with Gasteiger partial charge in [-0.15, -0.1) is 0 Å². The van der Waals surface area contributed by atoms with Crippen molar-refractivity contribution >= 4 is 0 Å². The molecule has 0 atom stereocenters. The van der Waals surface area contributed by atoms with Crippen molar-refractivity contribution in [2.75, 3.05) is 21.3 Å². The van der Waals surface area contributed by atoms with E-state index in [-0.39, 0.29) is 0 Å². The molecule has 0 N–H and O–H groups in total.